The Balaban J connectivity index is 1.56. The number of amides is 1. The van der Waals surface area contributed by atoms with Gasteiger partial charge in [-0.25, -0.2) is 4.98 Å². The maximum absolute atomic E-state index is 12.9. The highest BCUT2D eigenvalue weighted by molar-refractivity contribution is 7.13. The number of hydrogen-bond donors (Lipinski definition) is 1. The fraction of sp³-hybridized carbons (Fsp3) is 0.208. The lowest BCUT2D eigenvalue weighted by atomic mass is 10.1. The van der Waals surface area contributed by atoms with Crippen LogP contribution in [0.25, 0.3) is 22.0 Å². The Kier molecular flexibility index (Phi) is 6.69. The largest absolute Gasteiger partial charge is 0.497 e. The number of nitrogens with zero attached hydrogens (tertiary/aromatic N) is 3. The van der Waals surface area contributed by atoms with Crippen molar-refractivity contribution in [2.45, 2.75) is 0 Å². The van der Waals surface area contributed by atoms with Gasteiger partial charge in [-0.05, 0) is 30.3 Å². The molecule has 2 aromatic heterocycles. The molecule has 4 aromatic rings. The molecule has 0 saturated heterocycles. The van der Waals surface area contributed by atoms with E-state index in [4.69, 9.17) is 23.9 Å². The smallest absolute Gasteiger partial charge is 0.260 e. The summed E-state index contributed by atoms with van der Waals surface area (Å²) in [6.45, 7) is 0. The molecule has 2 heterocycles. The normalized spacial score (nSPS) is 10.6. The van der Waals surface area contributed by atoms with Gasteiger partial charge in [-0.15, -0.1) is 11.3 Å². The van der Waals surface area contributed by atoms with Gasteiger partial charge < -0.3 is 24.3 Å². The number of rotatable bonds is 8. The van der Waals surface area contributed by atoms with Gasteiger partial charge in [0.2, 0.25) is 0 Å². The second-order valence-corrected chi connectivity index (χ2v) is 8.02. The second-order valence-electron chi connectivity index (χ2n) is 7.17. The van der Waals surface area contributed by atoms with Gasteiger partial charge in [0.15, 0.2) is 11.5 Å². The summed E-state index contributed by atoms with van der Waals surface area (Å²) in [5, 5.41) is 10.1. The van der Waals surface area contributed by atoms with Crippen LogP contribution in [0.4, 0.5) is 5.82 Å². The highest BCUT2D eigenvalue weighted by Crippen LogP contribution is 2.35. The lowest BCUT2D eigenvalue weighted by Gasteiger charge is -2.10. The first-order valence-electron chi connectivity index (χ1n) is 10.2. The molecule has 1 N–H and O–H groups in total. The number of aryl methyl sites for hydroxylation is 1. The van der Waals surface area contributed by atoms with Crippen molar-refractivity contribution in [3.8, 4) is 45.0 Å². The van der Waals surface area contributed by atoms with Crippen molar-refractivity contribution in [1.29, 1.82) is 0 Å². The molecule has 0 bridgehead atoms. The average molecular weight is 481 g/mol. The van der Waals surface area contributed by atoms with E-state index in [1.807, 2.05) is 23.6 Å². The fourth-order valence-corrected chi connectivity index (χ4v) is 4.16. The minimum atomic E-state index is -0.320. The zero-order valence-corrected chi connectivity index (χ0v) is 20.2. The predicted molar refractivity (Wildman–Crippen MR) is 130 cm³/mol. The molecule has 0 unspecified atom stereocenters. The number of carbonyl (C=O) groups excluding carboxylic acids is 1. The van der Waals surface area contributed by atoms with Crippen LogP contribution in [0.1, 0.15) is 10.4 Å². The second kappa shape index (κ2) is 9.84. The maximum atomic E-state index is 12.9. The molecule has 0 aliphatic heterocycles. The number of hydrogen-bond acceptors (Lipinski definition) is 8. The Hall–Kier alpha value is -4.05. The molecule has 4 rings (SSSR count). The zero-order valence-electron chi connectivity index (χ0n) is 19.4. The fourth-order valence-electron chi connectivity index (χ4n) is 3.38. The van der Waals surface area contributed by atoms with E-state index in [2.05, 4.69) is 10.4 Å². The summed E-state index contributed by atoms with van der Waals surface area (Å²) in [6, 6.07) is 12.4. The van der Waals surface area contributed by atoms with Crippen LogP contribution in [0, 0.1) is 0 Å². The number of nitrogens with one attached hydrogen (secondary N) is 1. The molecule has 0 spiro atoms. The van der Waals surface area contributed by atoms with E-state index >= 15 is 0 Å². The highest BCUT2D eigenvalue weighted by Gasteiger charge is 2.18. The number of aromatic nitrogens is 3. The number of carbonyl (C=O) groups is 1. The van der Waals surface area contributed by atoms with E-state index in [1.165, 1.54) is 18.4 Å². The van der Waals surface area contributed by atoms with Crippen molar-refractivity contribution in [1.82, 2.24) is 14.8 Å². The molecule has 0 aliphatic carbocycles. The molecule has 176 valence electrons. The SMILES string of the molecule is COc1ccc(C(=O)Nc2cc(-c3nc(-c4ccc(OC)c(OC)c4)cs3)nn2C)c(OC)c1. The monoisotopic (exact) mass is 480 g/mol. The molecule has 0 radical (unpaired) electrons. The molecule has 0 saturated carbocycles. The Morgan fingerprint density at radius 2 is 1.65 bits per heavy atom. The molecule has 0 fully saturated rings. The third kappa shape index (κ3) is 4.53. The molecular formula is C24H24N4O5S. The van der Waals surface area contributed by atoms with Gasteiger partial charge in [-0.2, -0.15) is 5.10 Å². The number of thiazole rings is 1. The van der Waals surface area contributed by atoms with Crippen LogP contribution in [0.2, 0.25) is 0 Å². The molecule has 0 atom stereocenters. The van der Waals surface area contributed by atoms with Crippen molar-refractivity contribution in [3.63, 3.8) is 0 Å². The third-order valence-corrected chi connectivity index (χ3v) is 6.04. The van der Waals surface area contributed by atoms with Crippen LogP contribution in [-0.2, 0) is 7.05 Å². The molecule has 10 heteroatoms. The topological polar surface area (TPSA) is 96.7 Å². The van der Waals surface area contributed by atoms with Crippen molar-refractivity contribution in [2.75, 3.05) is 33.8 Å². The van der Waals surface area contributed by atoms with E-state index in [0.717, 1.165) is 16.3 Å². The lowest BCUT2D eigenvalue weighted by Crippen LogP contribution is -2.15. The molecule has 1 amide bonds. The highest BCUT2D eigenvalue weighted by atomic mass is 32.1. The van der Waals surface area contributed by atoms with E-state index in [-0.39, 0.29) is 5.91 Å². The first kappa shape index (κ1) is 23.1. The van der Waals surface area contributed by atoms with E-state index in [9.17, 15) is 4.79 Å². The number of anilines is 1. The van der Waals surface area contributed by atoms with Crippen LogP contribution < -0.4 is 24.3 Å². The first-order chi connectivity index (χ1) is 16.5. The van der Waals surface area contributed by atoms with E-state index in [0.29, 0.717) is 40.1 Å². The molecule has 2 aromatic carbocycles. The molecule has 34 heavy (non-hydrogen) atoms. The van der Waals surface area contributed by atoms with Crippen LogP contribution >= 0.6 is 11.3 Å². The summed E-state index contributed by atoms with van der Waals surface area (Å²) in [6.07, 6.45) is 0. The van der Waals surface area contributed by atoms with Crippen LogP contribution in [-0.4, -0.2) is 49.1 Å². The maximum Gasteiger partial charge on any atom is 0.260 e. The van der Waals surface area contributed by atoms with Crippen molar-refractivity contribution in [2.24, 2.45) is 7.05 Å². The van der Waals surface area contributed by atoms with Gasteiger partial charge in [0.1, 0.15) is 28.0 Å². The van der Waals surface area contributed by atoms with Crippen molar-refractivity contribution < 1.29 is 23.7 Å². The molecular weight excluding hydrogens is 456 g/mol. The number of ether oxygens (including phenoxy) is 4. The Morgan fingerprint density at radius 1 is 0.882 bits per heavy atom. The van der Waals surface area contributed by atoms with Gasteiger partial charge in [-0.1, -0.05) is 0 Å². The zero-order chi connectivity index (χ0) is 24.2. The lowest BCUT2D eigenvalue weighted by molar-refractivity contribution is 0.102. The number of benzene rings is 2. The summed E-state index contributed by atoms with van der Waals surface area (Å²) in [5.74, 6) is 2.51. The summed E-state index contributed by atoms with van der Waals surface area (Å²) in [5.41, 5.74) is 2.73. The van der Waals surface area contributed by atoms with Gasteiger partial charge >= 0.3 is 0 Å². The predicted octanol–water partition coefficient (Wildman–Crippen LogP) is 4.50. The third-order valence-electron chi connectivity index (χ3n) is 5.18. The summed E-state index contributed by atoms with van der Waals surface area (Å²) in [4.78, 5) is 17.6. The van der Waals surface area contributed by atoms with Crippen LogP contribution in [0.3, 0.4) is 0 Å². The number of methoxy groups -OCH3 is 4. The van der Waals surface area contributed by atoms with Crippen LogP contribution in [0.5, 0.6) is 23.0 Å². The minimum absolute atomic E-state index is 0.320. The standard InChI is InChI=1S/C24H24N4O5S/c1-28-22(26-23(29)16-8-7-15(30-2)11-20(16)32-4)12-17(27-28)24-25-18(13-34-24)14-6-9-19(31-3)21(10-14)33-5/h6-13H,1-5H3,(H,26,29). The Morgan fingerprint density at radius 3 is 2.35 bits per heavy atom. The molecule has 9 nitrogen and oxygen atoms in total. The first-order valence-corrected chi connectivity index (χ1v) is 11.1. The quantitative estimate of drug-likeness (QED) is 0.397. The van der Waals surface area contributed by atoms with Crippen LogP contribution in [0.15, 0.2) is 47.8 Å². The van der Waals surface area contributed by atoms with Crippen molar-refractivity contribution >= 4 is 23.1 Å². The summed E-state index contributed by atoms with van der Waals surface area (Å²) >= 11 is 1.46. The Labute approximate surface area is 200 Å². The average Bonchev–Trinajstić information content (AvgIpc) is 3.50. The van der Waals surface area contributed by atoms with E-state index in [1.54, 1.807) is 57.3 Å². The van der Waals surface area contributed by atoms with Gasteiger partial charge in [-0.3, -0.25) is 9.48 Å². The van der Waals surface area contributed by atoms with Gasteiger partial charge in [0.25, 0.3) is 5.91 Å². The molecule has 0 aliphatic rings. The van der Waals surface area contributed by atoms with Crippen molar-refractivity contribution in [3.05, 3.63) is 53.4 Å². The summed E-state index contributed by atoms with van der Waals surface area (Å²) < 4.78 is 22.8. The minimum Gasteiger partial charge on any atom is -0.497 e. The Bertz CT molecular complexity index is 1330. The van der Waals surface area contributed by atoms with Gasteiger partial charge in [0, 0.05) is 30.1 Å². The van der Waals surface area contributed by atoms with Gasteiger partial charge in [0.05, 0.1) is 39.7 Å². The summed E-state index contributed by atoms with van der Waals surface area (Å²) in [7, 11) is 8.01. The van der Waals surface area contributed by atoms with E-state index < -0.39 is 0 Å².